The summed E-state index contributed by atoms with van der Waals surface area (Å²) in [4.78, 5) is 22.2. The third-order valence-electron chi connectivity index (χ3n) is 6.46. The van der Waals surface area contributed by atoms with Crippen molar-refractivity contribution in [3.63, 3.8) is 0 Å². The van der Waals surface area contributed by atoms with Crippen molar-refractivity contribution in [1.29, 1.82) is 0 Å². The predicted molar refractivity (Wildman–Crippen MR) is 96.3 cm³/mol. The molecule has 6 rings (SSSR count). The quantitative estimate of drug-likeness (QED) is 0.835. The second-order valence-electron chi connectivity index (χ2n) is 7.71. The van der Waals surface area contributed by atoms with Crippen molar-refractivity contribution in [2.45, 2.75) is 30.8 Å². The van der Waals surface area contributed by atoms with E-state index < -0.39 is 0 Å². The molecule has 3 unspecified atom stereocenters. The van der Waals surface area contributed by atoms with E-state index in [1.54, 1.807) is 18.3 Å². The molecule has 0 saturated carbocycles. The van der Waals surface area contributed by atoms with Gasteiger partial charge >= 0.3 is 0 Å². The standard InChI is InChI=1S/C21H22FN3O/c22-17-5-3-15(4-6-17)21(26)25-13-18(16-2-1-9-23-12-16)20-19(25)14-7-10-24(20)11-8-14/h1-6,9,12,14,18-20H,7-8,10-11,13H2. The SMILES string of the molecule is O=C(c1ccc(F)cc1)N1CC(c2cccnc2)C2C1C1CCN2CC1. The summed E-state index contributed by atoms with van der Waals surface area (Å²) in [6.45, 7) is 2.96. The van der Waals surface area contributed by atoms with Crippen LogP contribution in [0.1, 0.15) is 34.7 Å². The van der Waals surface area contributed by atoms with Gasteiger partial charge in [0, 0.05) is 36.5 Å². The van der Waals surface area contributed by atoms with E-state index in [9.17, 15) is 9.18 Å². The molecule has 1 aromatic heterocycles. The second kappa shape index (κ2) is 6.16. The van der Waals surface area contributed by atoms with Crippen LogP contribution >= 0.6 is 0 Å². The van der Waals surface area contributed by atoms with Crippen LogP contribution in [0.4, 0.5) is 4.39 Å². The minimum Gasteiger partial charge on any atom is -0.333 e. The Labute approximate surface area is 152 Å². The summed E-state index contributed by atoms with van der Waals surface area (Å²) < 4.78 is 13.3. The number of hydrogen-bond acceptors (Lipinski definition) is 3. The second-order valence-corrected chi connectivity index (χ2v) is 7.71. The normalized spacial score (nSPS) is 32.5. The highest BCUT2D eigenvalue weighted by Crippen LogP contribution is 2.46. The van der Waals surface area contributed by atoms with Gasteiger partial charge in [0.15, 0.2) is 0 Å². The summed E-state index contributed by atoms with van der Waals surface area (Å²) >= 11 is 0. The first-order valence-corrected chi connectivity index (χ1v) is 9.43. The summed E-state index contributed by atoms with van der Waals surface area (Å²) in [7, 11) is 0. The number of hydrogen-bond donors (Lipinski definition) is 0. The van der Waals surface area contributed by atoms with Gasteiger partial charge in [-0.15, -0.1) is 0 Å². The van der Waals surface area contributed by atoms with Gasteiger partial charge in [-0.1, -0.05) is 6.07 Å². The van der Waals surface area contributed by atoms with Gasteiger partial charge in [0.1, 0.15) is 5.82 Å². The van der Waals surface area contributed by atoms with Crippen molar-refractivity contribution < 1.29 is 9.18 Å². The van der Waals surface area contributed by atoms with E-state index in [1.165, 1.54) is 17.7 Å². The maximum Gasteiger partial charge on any atom is 0.254 e. The minimum absolute atomic E-state index is 0.0279. The highest BCUT2D eigenvalue weighted by molar-refractivity contribution is 5.94. The Hall–Kier alpha value is -2.27. The molecule has 26 heavy (non-hydrogen) atoms. The van der Waals surface area contributed by atoms with E-state index in [1.807, 2.05) is 12.3 Å². The molecule has 134 valence electrons. The number of halogens is 1. The third-order valence-corrected chi connectivity index (χ3v) is 6.46. The smallest absolute Gasteiger partial charge is 0.254 e. The van der Waals surface area contributed by atoms with Gasteiger partial charge in [0.25, 0.3) is 5.91 Å². The van der Waals surface area contributed by atoms with Crippen LogP contribution in [0.3, 0.4) is 0 Å². The van der Waals surface area contributed by atoms with Crippen LogP contribution < -0.4 is 0 Å². The molecule has 4 saturated heterocycles. The molecule has 1 aromatic carbocycles. The monoisotopic (exact) mass is 351 g/mol. The number of amides is 1. The van der Waals surface area contributed by atoms with E-state index in [0.717, 1.165) is 25.9 Å². The number of nitrogens with zero attached hydrogens (tertiary/aromatic N) is 3. The van der Waals surface area contributed by atoms with Crippen molar-refractivity contribution >= 4 is 5.91 Å². The van der Waals surface area contributed by atoms with E-state index in [4.69, 9.17) is 0 Å². The third kappa shape index (κ3) is 2.45. The van der Waals surface area contributed by atoms with E-state index >= 15 is 0 Å². The highest BCUT2D eigenvalue weighted by Gasteiger charge is 2.54. The first-order chi connectivity index (χ1) is 12.7. The first kappa shape index (κ1) is 15.9. The van der Waals surface area contributed by atoms with Crippen LogP contribution in [-0.2, 0) is 0 Å². The first-order valence-electron chi connectivity index (χ1n) is 9.43. The Balaban J connectivity index is 1.52. The van der Waals surface area contributed by atoms with Crippen molar-refractivity contribution in [1.82, 2.24) is 14.8 Å². The van der Waals surface area contributed by atoms with Crippen LogP contribution in [-0.4, -0.2) is 52.4 Å². The number of piperidine rings is 3. The lowest BCUT2D eigenvalue weighted by molar-refractivity contribution is -0.00342. The zero-order chi connectivity index (χ0) is 17.7. The predicted octanol–water partition coefficient (Wildman–Crippen LogP) is 2.92. The topological polar surface area (TPSA) is 36.4 Å². The van der Waals surface area contributed by atoms with Gasteiger partial charge in [-0.25, -0.2) is 4.39 Å². The summed E-state index contributed by atoms with van der Waals surface area (Å²) in [5.74, 6) is 0.578. The van der Waals surface area contributed by atoms with Gasteiger partial charge in [0.05, 0.1) is 6.04 Å². The molecular weight excluding hydrogens is 329 g/mol. The Morgan fingerprint density at radius 2 is 1.85 bits per heavy atom. The van der Waals surface area contributed by atoms with Gasteiger partial charge in [-0.3, -0.25) is 14.7 Å². The largest absolute Gasteiger partial charge is 0.333 e. The Bertz CT molecular complexity index is 802. The van der Waals surface area contributed by atoms with Crippen LogP contribution in [0, 0.1) is 11.7 Å². The number of carbonyl (C=O) groups is 1. The Morgan fingerprint density at radius 1 is 1.08 bits per heavy atom. The van der Waals surface area contributed by atoms with Crippen molar-refractivity contribution in [2.75, 3.05) is 19.6 Å². The fraction of sp³-hybridized carbons (Fsp3) is 0.429. The fourth-order valence-corrected chi connectivity index (χ4v) is 5.30. The minimum atomic E-state index is -0.308. The molecule has 5 heterocycles. The lowest BCUT2D eigenvalue weighted by atomic mass is 9.75. The molecule has 4 fully saturated rings. The Kier molecular flexibility index (Phi) is 3.78. The average molecular weight is 351 g/mol. The molecule has 0 spiro atoms. The van der Waals surface area contributed by atoms with Gasteiger partial charge in [-0.05, 0) is 67.7 Å². The summed E-state index contributed by atoms with van der Waals surface area (Å²) in [6, 6.07) is 10.7. The van der Waals surface area contributed by atoms with E-state index in [-0.39, 0.29) is 17.8 Å². The van der Waals surface area contributed by atoms with Crippen molar-refractivity contribution in [2.24, 2.45) is 5.92 Å². The van der Waals surface area contributed by atoms with Crippen LogP contribution in [0.25, 0.3) is 0 Å². The van der Waals surface area contributed by atoms with Gasteiger partial charge < -0.3 is 4.90 Å². The number of carbonyl (C=O) groups excluding carboxylic acids is 1. The van der Waals surface area contributed by atoms with Crippen molar-refractivity contribution in [3.05, 3.63) is 65.7 Å². The molecule has 4 aliphatic heterocycles. The molecule has 5 heteroatoms. The van der Waals surface area contributed by atoms with E-state index in [2.05, 4.69) is 20.9 Å². The average Bonchev–Trinajstić information content (AvgIpc) is 3.12. The molecule has 0 radical (unpaired) electrons. The van der Waals surface area contributed by atoms with Crippen LogP contribution in [0.15, 0.2) is 48.8 Å². The summed E-state index contributed by atoms with van der Waals surface area (Å²) in [6.07, 6.45) is 6.06. The summed E-state index contributed by atoms with van der Waals surface area (Å²) in [5, 5.41) is 0. The maximum atomic E-state index is 13.3. The van der Waals surface area contributed by atoms with E-state index in [0.29, 0.717) is 30.0 Å². The molecule has 1 amide bonds. The number of rotatable bonds is 2. The zero-order valence-corrected chi connectivity index (χ0v) is 14.6. The zero-order valence-electron chi connectivity index (χ0n) is 14.6. The van der Waals surface area contributed by atoms with Crippen LogP contribution in [0.5, 0.6) is 0 Å². The molecule has 4 nitrogen and oxygen atoms in total. The molecule has 0 N–H and O–H groups in total. The Morgan fingerprint density at radius 3 is 2.54 bits per heavy atom. The molecule has 2 aromatic rings. The van der Waals surface area contributed by atoms with Gasteiger partial charge in [-0.2, -0.15) is 0 Å². The molecule has 4 aliphatic rings. The fourth-order valence-electron chi connectivity index (χ4n) is 5.30. The van der Waals surface area contributed by atoms with Crippen LogP contribution in [0.2, 0.25) is 0 Å². The maximum absolute atomic E-state index is 13.3. The highest BCUT2D eigenvalue weighted by atomic mass is 19.1. The number of likely N-dealkylation sites (tertiary alicyclic amines) is 1. The number of pyridine rings is 1. The molecule has 2 bridgehead atoms. The molecule has 0 aliphatic carbocycles. The lowest BCUT2D eigenvalue weighted by Crippen LogP contribution is -2.60. The van der Waals surface area contributed by atoms with Crippen molar-refractivity contribution in [3.8, 4) is 0 Å². The van der Waals surface area contributed by atoms with Gasteiger partial charge in [0.2, 0.25) is 0 Å². The number of aromatic nitrogens is 1. The molecular formula is C21H22FN3O. The lowest BCUT2D eigenvalue weighted by Gasteiger charge is -2.51. The number of fused-ring (bicyclic) bond motifs is 2. The summed E-state index contributed by atoms with van der Waals surface area (Å²) in [5.41, 5.74) is 1.79. The number of benzene rings is 1. The molecule has 3 atom stereocenters.